The maximum atomic E-state index is 5.41. The number of hydrogen-bond donors (Lipinski definition) is 1. The van der Waals surface area contributed by atoms with Gasteiger partial charge in [0, 0.05) is 45.0 Å². The molecule has 2 aliphatic rings. The summed E-state index contributed by atoms with van der Waals surface area (Å²) in [6.07, 6.45) is 2.42. The molecule has 2 saturated heterocycles. The van der Waals surface area contributed by atoms with Gasteiger partial charge in [0.2, 0.25) is 0 Å². The van der Waals surface area contributed by atoms with Crippen LogP contribution >= 0.6 is 0 Å². The second kappa shape index (κ2) is 7.78. The fourth-order valence-electron chi connectivity index (χ4n) is 3.25. The fraction of sp³-hybridized carbons (Fsp3) is 0.647. The molecule has 21 heavy (non-hydrogen) atoms. The second-order valence-electron chi connectivity index (χ2n) is 5.92. The molecule has 4 nitrogen and oxygen atoms in total. The van der Waals surface area contributed by atoms with E-state index in [0.717, 1.165) is 52.5 Å². The fourth-order valence-corrected chi connectivity index (χ4v) is 3.25. The molecule has 0 aromatic heterocycles. The lowest BCUT2D eigenvalue weighted by atomic mass is 10.1. The van der Waals surface area contributed by atoms with Gasteiger partial charge in [-0.05, 0) is 31.0 Å². The van der Waals surface area contributed by atoms with E-state index >= 15 is 0 Å². The van der Waals surface area contributed by atoms with Crippen molar-refractivity contribution in [3.8, 4) is 0 Å². The van der Waals surface area contributed by atoms with Gasteiger partial charge in [0.1, 0.15) is 0 Å². The van der Waals surface area contributed by atoms with Crippen molar-refractivity contribution in [2.75, 3.05) is 63.9 Å². The summed E-state index contributed by atoms with van der Waals surface area (Å²) >= 11 is 0. The maximum absolute atomic E-state index is 5.41. The predicted octanol–water partition coefficient (Wildman–Crippen LogP) is 1.36. The van der Waals surface area contributed by atoms with E-state index in [9.17, 15) is 0 Å². The number of anilines is 1. The second-order valence-corrected chi connectivity index (χ2v) is 5.92. The van der Waals surface area contributed by atoms with Gasteiger partial charge in [-0.15, -0.1) is 0 Å². The van der Waals surface area contributed by atoms with E-state index in [-0.39, 0.29) is 0 Å². The largest absolute Gasteiger partial charge is 0.379 e. The highest BCUT2D eigenvalue weighted by Crippen LogP contribution is 2.22. The van der Waals surface area contributed by atoms with Crippen molar-refractivity contribution in [3.05, 3.63) is 29.8 Å². The lowest BCUT2D eigenvalue weighted by Crippen LogP contribution is -2.43. The number of nitrogens with one attached hydrogen (secondary N) is 1. The van der Waals surface area contributed by atoms with Crippen LogP contribution in [0.5, 0.6) is 0 Å². The zero-order valence-corrected chi connectivity index (χ0v) is 12.9. The molecule has 1 aromatic rings. The summed E-state index contributed by atoms with van der Waals surface area (Å²) < 4.78 is 5.41. The Kier molecular flexibility index (Phi) is 5.49. The van der Waals surface area contributed by atoms with Crippen molar-refractivity contribution in [1.29, 1.82) is 0 Å². The minimum Gasteiger partial charge on any atom is -0.379 e. The number of aryl methyl sites for hydroxylation is 1. The van der Waals surface area contributed by atoms with E-state index < -0.39 is 0 Å². The van der Waals surface area contributed by atoms with Gasteiger partial charge in [-0.3, -0.25) is 4.90 Å². The quantitative estimate of drug-likeness (QED) is 0.886. The van der Waals surface area contributed by atoms with Gasteiger partial charge in [-0.2, -0.15) is 0 Å². The highest BCUT2D eigenvalue weighted by atomic mass is 16.5. The molecule has 0 amide bonds. The van der Waals surface area contributed by atoms with Crippen molar-refractivity contribution < 1.29 is 4.74 Å². The van der Waals surface area contributed by atoms with Crippen LogP contribution in [0.25, 0.3) is 0 Å². The third-order valence-corrected chi connectivity index (χ3v) is 4.47. The first-order valence-electron chi connectivity index (χ1n) is 8.27. The summed E-state index contributed by atoms with van der Waals surface area (Å²) in [5.41, 5.74) is 2.95. The lowest BCUT2D eigenvalue weighted by Gasteiger charge is -2.31. The number of rotatable bonds is 5. The average molecular weight is 289 g/mol. The Morgan fingerprint density at radius 2 is 1.76 bits per heavy atom. The number of ether oxygens (including phenoxy) is 1. The zero-order valence-electron chi connectivity index (χ0n) is 12.9. The summed E-state index contributed by atoms with van der Waals surface area (Å²) in [7, 11) is 0. The van der Waals surface area contributed by atoms with Crippen molar-refractivity contribution in [1.82, 2.24) is 10.2 Å². The van der Waals surface area contributed by atoms with Gasteiger partial charge >= 0.3 is 0 Å². The Morgan fingerprint density at radius 3 is 2.57 bits per heavy atom. The minimum atomic E-state index is 0.900. The number of hydrogen-bond acceptors (Lipinski definition) is 4. The summed E-state index contributed by atoms with van der Waals surface area (Å²) in [4.78, 5) is 5.05. The van der Waals surface area contributed by atoms with Gasteiger partial charge in [-0.25, -0.2) is 0 Å². The topological polar surface area (TPSA) is 27.7 Å². The average Bonchev–Trinajstić information content (AvgIpc) is 2.57. The number of piperazine rings is 1. The SMILES string of the molecule is c1ccc(N2CCNCC2)c(CCCN2CCOCC2)c1. The molecule has 116 valence electrons. The van der Waals surface area contributed by atoms with Gasteiger partial charge in [-0.1, -0.05) is 18.2 Å². The van der Waals surface area contributed by atoms with Crippen molar-refractivity contribution in [3.63, 3.8) is 0 Å². The number of nitrogens with zero attached hydrogens (tertiary/aromatic N) is 2. The molecule has 2 heterocycles. The van der Waals surface area contributed by atoms with E-state index in [2.05, 4.69) is 39.4 Å². The van der Waals surface area contributed by atoms with Crippen LogP contribution in [0.3, 0.4) is 0 Å². The Bertz CT molecular complexity index is 426. The van der Waals surface area contributed by atoms with Gasteiger partial charge in [0.25, 0.3) is 0 Å². The molecule has 1 N–H and O–H groups in total. The molecule has 0 unspecified atom stereocenters. The molecular formula is C17H27N3O. The first kappa shape index (κ1) is 14.8. The Balaban J connectivity index is 1.54. The van der Waals surface area contributed by atoms with Crippen LogP contribution in [0.1, 0.15) is 12.0 Å². The molecule has 2 aliphatic heterocycles. The van der Waals surface area contributed by atoms with Gasteiger partial charge < -0.3 is 15.0 Å². The van der Waals surface area contributed by atoms with Crippen LogP contribution in [0.15, 0.2) is 24.3 Å². The van der Waals surface area contributed by atoms with E-state index in [4.69, 9.17) is 4.74 Å². The van der Waals surface area contributed by atoms with Crippen molar-refractivity contribution in [2.24, 2.45) is 0 Å². The smallest absolute Gasteiger partial charge is 0.0594 e. The van der Waals surface area contributed by atoms with Crippen molar-refractivity contribution >= 4 is 5.69 Å². The zero-order chi connectivity index (χ0) is 14.3. The van der Waals surface area contributed by atoms with E-state index in [1.54, 1.807) is 0 Å². The molecule has 4 heteroatoms. The summed E-state index contributed by atoms with van der Waals surface area (Å²) in [6, 6.07) is 8.94. The third-order valence-electron chi connectivity index (χ3n) is 4.47. The Morgan fingerprint density at radius 1 is 1.00 bits per heavy atom. The number of para-hydroxylation sites is 1. The highest BCUT2D eigenvalue weighted by molar-refractivity contribution is 5.54. The molecule has 0 aliphatic carbocycles. The molecular weight excluding hydrogens is 262 g/mol. The molecule has 3 rings (SSSR count). The monoisotopic (exact) mass is 289 g/mol. The Hall–Kier alpha value is -1.10. The molecule has 0 atom stereocenters. The van der Waals surface area contributed by atoms with E-state index in [0.29, 0.717) is 0 Å². The van der Waals surface area contributed by atoms with Crippen LogP contribution in [0.2, 0.25) is 0 Å². The van der Waals surface area contributed by atoms with Crippen LogP contribution in [0, 0.1) is 0 Å². The predicted molar refractivity (Wildman–Crippen MR) is 87.1 cm³/mol. The van der Waals surface area contributed by atoms with Crippen LogP contribution in [-0.4, -0.2) is 63.9 Å². The summed E-state index contributed by atoms with van der Waals surface area (Å²) in [5.74, 6) is 0. The lowest BCUT2D eigenvalue weighted by molar-refractivity contribution is 0.0375. The van der Waals surface area contributed by atoms with Crippen LogP contribution in [-0.2, 0) is 11.2 Å². The van der Waals surface area contributed by atoms with Crippen LogP contribution < -0.4 is 10.2 Å². The summed E-state index contributed by atoms with van der Waals surface area (Å²) in [5, 5.41) is 3.43. The van der Waals surface area contributed by atoms with Crippen molar-refractivity contribution in [2.45, 2.75) is 12.8 Å². The summed E-state index contributed by atoms with van der Waals surface area (Å²) in [6.45, 7) is 9.64. The number of benzene rings is 1. The minimum absolute atomic E-state index is 0.900. The Labute approximate surface area is 128 Å². The van der Waals surface area contributed by atoms with E-state index in [1.165, 1.54) is 30.6 Å². The van der Waals surface area contributed by atoms with Crippen LogP contribution in [0.4, 0.5) is 5.69 Å². The first-order chi connectivity index (χ1) is 10.4. The molecule has 2 fully saturated rings. The molecule has 0 spiro atoms. The molecule has 0 radical (unpaired) electrons. The first-order valence-corrected chi connectivity index (χ1v) is 8.27. The number of morpholine rings is 1. The third kappa shape index (κ3) is 4.19. The normalized spacial score (nSPS) is 20.7. The van der Waals surface area contributed by atoms with E-state index in [1.807, 2.05) is 0 Å². The molecule has 0 bridgehead atoms. The van der Waals surface area contributed by atoms with Gasteiger partial charge in [0.05, 0.1) is 13.2 Å². The molecule has 0 saturated carbocycles. The molecule has 1 aromatic carbocycles. The highest BCUT2D eigenvalue weighted by Gasteiger charge is 2.14. The maximum Gasteiger partial charge on any atom is 0.0594 e. The standard InChI is InChI=1S/C17H27N3O/c1-2-6-17(20-10-7-18-8-11-20)16(4-1)5-3-9-19-12-14-21-15-13-19/h1-2,4,6,18H,3,5,7-15H2. The van der Waals surface area contributed by atoms with Gasteiger partial charge in [0.15, 0.2) is 0 Å².